The summed E-state index contributed by atoms with van der Waals surface area (Å²) in [4.78, 5) is 35.5. The average Bonchev–Trinajstić information content (AvgIpc) is 2.51. The van der Waals surface area contributed by atoms with Crippen LogP contribution in [-0.4, -0.2) is 25.5 Å². The minimum atomic E-state index is -0.716. The van der Waals surface area contributed by atoms with Crippen molar-refractivity contribution in [1.29, 1.82) is 0 Å². The Hall–Kier alpha value is -2.89. The van der Waals surface area contributed by atoms with E-state index in [0.717, 1.165) is 0 Å². The number of hydrogen-bond acceptors (Lipinski definition) is 6. The van der Waals surface area contributed by atoms with Gasteiger partial charge in [-0.15, -0.1) is 0 Å². The lowest BCUT2D eigenvalue weighted by atomic mass is 10.1. The molecule has 0 saturated carbocycles. The van der Waals surface area contributed by atoms with Crippen LogP contribution in [0.1, 0.15) is 32.0 Å². The Bertz CT molecular complexity index is 777. The molecule has 0 atom stereocenters. The highest BCUT2D eigenvalue weighted by Gasteiger charge is 2.19. The average molecular weight is 316 g/mol. The number of para-hydroxylation sites is 1. The fraction of sp³-hybridized carbons (Fsp3) is 0.235. The molecule has 1 aromatic heterocycles. The number of Topliss-reactive ketones (excluding diaryl/α,β-unsaturated/α-hetero) is 1. The zero-order chi connectivity index (χ0) is 17.0. The lowest BCUT2D eigenvalue weighted by Crippen LogP contribution is -2.17. The predicted octanol–water partition coefficient (Wildman–Crippen LogP) is 2.30. The molecule has 0 aliphatic rings. The number of methoxy groups -OCH3 is 1. The van der Waals surface area contributed by atoms with Gasteiger partial charge < -0.3 is 13.9 Å². The van der Waals surface area contributed by atoms with Crippen molar-refractivity contribution in [3.8, 4) is 5.75 Å². The van der Waals surface area contributed by atoms with E-state index in [1.165, 1.54) is 20.1 Å². The Morgan fingerprint density at radius 2 is 1.87 bits per heavy atom. The number of rotatable bonds is 5. The lowest BCUT2D eigenvalue weighted by Gasteiger charge is -2.09. The van der Waals surface area contributed by atoms with E-state index in [9.17, 15) is 14.4 Å². The van der Waals surface area contributed by atoms with Gasteiger partial charge in [0.25, 0.3) is 0 Å². The van der Waals surface area contributed by atoms with Crippen molar-refractivity contribution < 1.29 is 23.5 Å². The monoisotopic (exact) mass is 316 g/mol. The SMILES string of the molecule is COc1ccccc1C(=O)COC(=O)c1c(C)cc(=O)oc1C. The molecule has 0 amide bonds. The summed E-state index contributed by atoms with van der Waals surface area (Å²) in [7, 11) is 1.46. The van der Waals surface area contributed by atoms with Gasteiger partial charge in [-0.3, -0.25) is 4.79 Å². The Labute approximate surface area is 132 Å². The van der Waals surface area contributed by atoms with Crippen LogP contribution in [-0.2, 0) is 4.74 Å². The predicted molar refractivity (Wildman–Crippen MR) is 82.1 cm³/mol. The van der Waals surface area contributed by atoms with Gasteiger partial charge in [0.1, 0.15) is 17.1 Å². The number of benzene rings is 1. The van der Waals surface area contributed by atoms with Gasteiger partial charge in [-0.25, -0.2) is 9.59 Å². The van der Waals surface area contributed by atoms with Crippen LogP contribution in [0.3, 0.4) is 0 Å². The normalized spacial score (nSPS) is 10.2. The highest BCUT2D eigenvalue weighted by molar-refractivity contribution is 6.01. The summed E-state index contributed by atoms with van der Waals surface area (Å²) in [6, 6.07) is 7.87. The Morgan fingerprint density at radius 3 is 2.52 bits per heavy atom. The van der Waals surface area contributed by atoms with Crippen LogP contribution in [0, 0.1) is 13.8 Å². The Kier molecular flexibility index (Phi) is 4.95. The maximum atomic E-state index is 12.2. The third-order valence-electron chi connectivity index (χ3n) is 3.28. The van der Waals surface area contributed by atoms with Crippen molar-refractivity contribution in [1.82, 2.24) is 0 Å². The van der Waals surface area contributed by atoms with E-state index in [4.69, 9.17) is 13.9 Å². The summed E-state index contributed by atoms with van der Waals surface area (Å²) >= 11 is 0. The van der Waals surface area contributed by atoms with Crippen molar-refractivity contribution in [2.75, 3.05) is 13.7 Å². The van der Waals surface area contributed by atoms with E-state index in [0.29, 0.717) is 16.9 Å². The molecule has 6 nitrogen and oxygen atoms in total. The second kappa shape index (κ2) is 6.91. The number of esters is 1. The molecule has 0 unspecified atom stereocenters. The van der Waals surface area contributed by atoms with Gasteiger partial charge in [0.05, 0.1) is 12.7 Å². The highest BCUT2D eigenvalue weighted by Crippen LogP contribution is 2.18. The van der Waals surface area contributed by atoms with Gasteiger partial charge in [-0.1, -0.05) is 12.1 Å². The molecule has 120 valence electrons. The quantitative estimate of drug-likeness (QED) is 0.622. The molecule has 0 bridgehead atoms. The number of carbonyl (C=O) groups excluding carboxylic acids is 2. The summed E-state index contributed by atoms with van der Waals surface area (Å²) in [5, 5.41) is 0. The molecule has 0 fully saturated rings. The Morgan fingerprint density at radius 1 is 1.17 bits per heavy atom. The maximum Gasteiger partial charge on any atom is 0.342 e. The largest absolute Gasteiger partial charge is 0.496 e. The number of hydrogen-bond donors (Lipinski definition) is 0. The second-order valence-corrected chi connectivity index (χ2v) is 4.88. The number of ketones is 1. The molecule has 2 rings (SSSR count). The first-order valence-electron chi connectivity index (χ1n) is 6.88. The van der Waals surface area contributed by atoms with Crippen molar-refractivity contribution >= 4 is 11.8 Å². The summed E-state index contributed by atoms with van der Waals surface area (Å²) in [6.45, 7) is 2.66. The van der Waals surface area contributed by atoms with Gasteiger partial charge in [-0.05, 0) is 31.5 Å². The van der Waals surface area contributed by atoms with Gasteiger partial charge in [-0.2, -0.15) is 0 Å². The van der Waals surface area contributed by atoms with E-state index in [1.807, 2.05) is 0 Å². The molecule has 0 saturated heterocycles. The number of ether oxygens (including phenoxy) is 2. The fourth-order valence-electron chi connectivity index (χ4n) is 2.22. The molecule has 2 aromatic rings. The summed E-state index contributed by atoms with van der Waals surface area (Å²) in [6.07, 6.45) is 0. The molecule has 23 heavy (non-hydrogen) atoms. The molecular weight excluding hydrogens is 300 g/mol. The third kappa shape index (κ3) is 3.66. The summed E-state index contributed by atoms with van der Waals surface area (Å²) < 4.78 is 15.0. The van der Waals surface area contributed by atoms with Crippen LogP contribution >= 0.6 is 0 Å². The Balaban J connectivity index is 2.13. The van der Waals surface area contributed by atoms with E-state index in [1.54, 1.807) is 31.2 Å². The molecule has 0 spiro atoms. The minimum absolute atomic E-state index is 0.150. The molecule has 1 aromatic carbocycles. The first-order valence-corrected chi connectivity index (χ1v) is 6.88. The summed E-state index contributed by atoms with van der Waals surface area (Å²) in [5.74, 6) is -0.535. The minimum Gasteiger partial charge on any atom is -0.496 e. The van der Waals surface area contributed by atoms with Crippen LogP contribution in [0.15, 0.2) is 39.5 Å². The number of carbonyl (C=O) groups is 2. The van der Waals surface area contributed by atoms with E-state index >= 15 is 0 Å². The molecule has 0 N–H and O–H groups in total. The van der Waals surface area contributed by atoms with Gasteiger partial charge in [0.15, 0.2) is 6.61 Å². The first-order chi connectivity index (χ1) is 10.9. The zero-order valence-electron chi connectivity index (χ0n) is 13.0. The van der Waals surface area contributed by atoms with Gasteiger partial charge in [0, 0.05) is 6.07 Å². The first kappa shape index (κ1) is 16.5. The molecule has 0 radical (unpaired) electrons. The van der Waals surface area contributed by atoms with Gasteiger partial charge >= 0.3 is 11.6 Å². The third-order valence-corrected chi connectivity index (χ3v) is 3.28. The summed E-state index contributed by atoms with van der Waals surface area (Å²) in [5.41, 5.74) is 0.378. The highest BCUT2D eigenvalue weighted by atomic mass is 16.5. The van der Waals surface area contributed by atoms with E-state index in [-0.39, 0.29) is 17.1 Å². The smallest absolute Gasteiger partial charge is 0.342 e. The topological polar surface area (TPSA) is 82.8 Å². The lowest BCUT2D eigenvalue weighted by molar-refractivity contribution is 0.0469. The second-order valence-electron chi connectivity index (χ2n) is 4.88. The molecule has 1 heterocycles. The van der Waals surface area contributed by atoms with Crippen LogP contribution in [0.25, 0.3) is 0 Å². The van der Waals surface area contributed by atoms with Crippen molar-refractivity contribution in [2.45, 2.75) is 13.8 Å². The van der Waals surface area contributed by atoms with Crippen LogP contribution < -0.4 is 10.4 Å². The fourth-order valence-corrected chi connectivity index (χ4v) is 2.22. The maximum absolute atomic E-state index is 12.2. The van der Waals surface area contributed by atoms with Gasteiger partial charge in [0.2, 0.25) is 5.78 Å². The van der Waals surface area contributed by atoms with E-state index < -0.39 is 18.2 Å². The van der Waals surface area contributed by atoms with E-state index in [2.05, 4.69) is 0 Å². The molecule has 0 aliphatic heterocycles. The zero-order valence-corrected chi connectivity index (χ0v) is 13.0. The molecule has 0 aliphatic carbocycles. The van der Waals surface area contributed by atoms with Crippen molar-refractivity contribution in [3.05, 3.63) is 63.2 Å². The number of aryl methyl sites for hydroxylation is 2. The van der Waals surface area contributed by atoms with Crippen LogP contribution in [0.2, 0.25) is 0 Å². The van der Waals surface area contributed by atoms with Crippen LogP contribution in [0.5, 0.6) is 5.75 Å². The van der Waals surface area contributed by atoms with Crippen molar-refractivity contribution in [2.24, 2.45) is 0 Å². The standard InChI is InChI=1S/C17H16O6/c1-10-8-15(19)23-11(2)16(10)17(20)22-9-13(18)12-6-4-5-7-14(12)21-3/h4-8H,9H2,1-3H3. The molecule has 6 heteroatoms. The van der Waals surface area contributed by atoms with Crippen LogP contribution in [0.4, 0.5) is 0 Å². The van der Waals surface area contributed by atoms with Crippen molar-refractivity contribution in [3.63, 3.8) is 0 Å². The molecular formula is C17H16O6.